The zero-order valence-electron chi connectivity index (χ0n) is 36.4. The minimum Gasteiger partial charge on any atom is -0.481 e. The van der Waals surface area contributed by atoms with Gasteiger partial charge in [0.15, 0.2) is 11.9 Å². The Balaban J connectivity index is 6.04. The molecule has 0 rings (SSSR count). The molecule has 32 heteroatoms. The van der Waals surface area contributed by atoms with E-state index in [1.165, 1.54) is 0 Å². The number of rotatable bonds is 32. The molecule has 32 nitrogen and oxygen atoms in total. The standard InChI is InChI=1S/C35H61N15O17/c1-14(26(59)49-21(13-52)31(64)48-20(33(66)67)10-24(57)58)44-30(63)19(9-23(55)56)45-22(54)11-43-28(61)17(5-3-7-41-34(37)38)47-32(65)25(15(2)53)50-29(62)18(6-4-8-42-35(39)40)46-27(60)16(36)12-51/h14-21,25,51-53H,3-13,36H2,1-2H3,(H,43,61)(H,44,63)(H,45,54)(H,46,60)(H,47,65)(H,48,64)(H,49,59)(H,50,62)(H,55,56)(H,57,58)(H,66,67)(H4,37,38,41)(H4,39,40,42)/t14-,15+,16-,17-,18-,19-,20-,21-,25-/m0/s1. The molecule has 0 unspecified atom stereocenters. The third kappa shape index (κ3) is 24.4. The van der Waals surface area contributed by atoms with E-state index < -0.39 is 152 Å². The maximum Gasteiger partial charge on any atom is 0.326 e. The summed E-state index contributed by atoms with van der Waals surface area (Å²) in [6, 6.07) is -13.5. The lowest BCUT2D eigenvalue weighted by Gasteiger charge is -2.27. The van der Waals surface area contributed by atoms with E-state index in [1.54, 1.807) is 0 Å². The van der Waals surface area contributed by atoms with Crippen LogP contribution in [-0.2, 0) is 52.7 Å². The zero-order chi connectivity index (χ0) is 51.6. The molecule has 0 aliphatic heterocycles. The van der Waals surface area contributed by atoms with Crippen LogP contribution in [0.5, 0.6) is 0 Å². The van der Waals surface area contributed by atoms with Gasteiger partial charge in [-0.15, -0.1) is 0 Å². The van der Waals surface area contributed by atoms with Crippen LogP contribution in [0.4, 0.5) is 0 Å². The predicted molar refractivity (Wildman–Crippen MR) is 228 cm³/mol. The fourth-order valence-corrected chi connectivity index (χ4v) is 5.26. The van der Waals surface area contributed by atoms with Gasteiger partial charge in [-0.3, -0.25) is 57.9 Å². The van der Waals surface area contributed by atoms with Crippen molar-refractivity contribution in [3.05, 3.63) is 0 Å². The summed E-state index contributed by atoms with van der Waals surface area (Å²) in [5.41, 5.74) is 26.9. The van der Waals surface area contributed by atoms with Crippen LogP contribution < -0.4 is 71.2 Å². The lowest BCUT2D eigenvalue weighted by atomic mass is 10.1. The summed E-state index contributed by atoms with van der Waals surface area (Å²) >= 11 is 0. The lowest BCUT2D eigenvalue weighted by Crippen LogP contribution is -2.60. The highest BCUT2D eigenvalue weighted by Crippen LogP contribution is 2.06. The van der Waals surface area contributed by atoms with Crippen LogP contribution >= 0.6 is 0 Å². The number of carbonyl (C=O) groups excluding carboxylic acids is 8. The molecule has 378 valence electrons. The molecule has 0 saturated heterocycles. The van der Waals surface area contributed by atoms with E-state index >= 15 is 0 Å². The van der Waals surface area contributed by atoms with E-state index in [4.69, 9.17) is 38.9 Å². The topological polar surface area (TPSA) is 560 Å². The average Bonchev–Trinajstić information content (AvgIpc) is 3.23. The normalized spacial score (nSPS) is 14.7. The molecule has 0 fully saturated rings. The quantitative estimate of drug-likeness (QED) is 0.0169. The second-order valence-corrected chi connectivity index (χ2v) is 14.4. The number of aliphatic carboxylic acids is 3. The maximum absolute atomic E-state index is 13.5. The Bertz CT molecular complexity index is 1820. The molecule has 0 saturated carbocycles. The summed E-state index contributed by atoms with van der Waals surface area (Å²) in [4.78, 5) is 145. The number of guanidine groups is 2. The van der Waals surface area contributed by atoms with Crippen LogP contribution in [0.2, 0.25) is 0 Å². The van der Waals surface area contributed by atoms with Crippen LogP contribution in [0.15, 0.2) is 9.98 Å². The number of amides is 8. The minimum atomic E-state index is -1.94. The first-order valence-electron chi connectivity index (χ1n) is 20.1. The highest BCUT2D eigenvalue weighted by molar-refractivity contribution is 5.98. The van der Waals surface area contributed by atoms with Crippen LogP contribution in [0, 0.1) is 0 Å². The second-order valence-electron chi connectivity index (χ2n) is 14.4. The summed E-state index contributed by atoms with van der Waals surface area (Å²) < 4.78 is 0. The summed E-state index contributed by atoms with van der Waals surface area (Å²) in [5, 5.41) is 73.8. The number of aliphatic imine (C=N–C) groups is 2. The van der Waals surface area contributed by atoms with Gasteiger partial charge in [-0.2, -0.15) is 0 Å². The van der Waals surface area contributed by atoms with Crippen molar-refractivity contribution < 1.29 is 83.4 Å². The highest BCUT2D eigenvalue weighted by atomic mass is 16.4. The molecule has 0 spiro atoms. The first kappa shape index (κ1) is 59.5. The molecule has 0 aromatic heterocycles. The zero-order valence-corrected chi connectivity index (χ0v) is 36.4. The van der Waals surface area contributed by atoms with Gasteiger partial charge in [-0.1, -0.05) is 0 Å². The second kappa shape index (κ2) is 30.6. The van der Waals surface area contributed by atoms with E-state index in [0.29, 0.717) is 0 Å². The van der Waals surface area contributed by atoms with E-state index in [0.717, 1.165) is 13.8 Å². The first-order chi connectivity index (χ1) is 31.2. The van der Waals surface area contributed by atoms with Gasteiger partial charge in [-0.05, 0) is 39.5 Å². The molecule has 0 heterocycles. The molecule has 0 aliphatic rings. The van der Waals surface area contributed by atoms with Crippen molar-refractivity contribution in [1.82, 2.24) is 42.5 Å². The summed E-state index contributed by atoms with van der Waals surface area (Å²) in [6.45, 7) is -0.746. The molecule has 9 atom stereocenters. The number of carboxylic acid groups (broad SMARTS) is 3. The number of aliphatic hydroxyl groups excluding tert-OH is 3. The van der Waals surface area contributed by atoms with Crippen molar-refractivity contribution in [2.75, 3.05) is 32.8 Å². The number of carboxylic acids is 3. The molecular formula is C35H61N15O17. The fourth-order valence-electron chi connectivity index (χ4n) is 5.26. The van der Waals surface area contributed by atoms with E-state index in [-0.39, 0.29) is 50.7 Å². The van der Waals surface area contributed by atoms with Crippen LogP contribution in [-0.4, -0.2) is 195 Å². The van der Waals surface area contributed by atoms with E-state index in [9.17, 15) is 73.2 Å². The molecule has 0 radical (unpaired) electrons. The predicted octanol–water partition coefficient (Wildman–Crippen LogP) is -10.6. The number of aliphatic hydroxyl groups is 3. The number of nitrogens with two attached hydrogens (primary N) is 5. The largest absolute Gasteiger partial charge is 0.481 e. The van der Waals surface area contributed by atoms with Gasteiger partial charge in [-0.25, -0.2) is 4.79 Å². The minimum absolute atomic E-state index is 0.0181. The molecule has 67 heavy (non-hydrogen) atoms. The van der Waals surface area contributed by atoms with Gasteiger partial charge in [0.25, 0.3) is 0 Å². The van der Waals surface area contributed by atoms with Crippen LogP contribution in [0.3, 0.4) is 0 Å². The maximum atomic E-state index is 13.5. The average molecular weight is 964 g/mol. The Labute approximate surface area is 381 Å². The summed E-state index contributed by atoms with van der Waals surface area (Å²) in [7, 11) is 0. The Morgan fingerprint density at radius 3 is 1.43 bits per heavy atom. The van der Waals surface area contributed by atoms with Gasteiger partial charge in [0, 0.05) is 13.1 Å². The molecule has 8 amide bonds. The van der Waals surface area contributed by atoms with Gasteiger partial charge in [0.2, 0.25) is 47.3 Å². The van der Waals surface area contributed by atoms with Crippen molar-refractivity contribution in [3.8, 4) is 0 Å². The van der Waals surface area contributed by atoms with Crippen molar-refractivity contribution in [1.29, 1.82) is 0 Å². The van der Waals surface area contributed by atoms with Crippen molar-refractivity contribution in [3.63, 3.8) is 0 Å². The van der Waals surface area contributed by atoms with E-state index in [1.807, 2.05) is 10.6 Å². The third-order valence-corrected chi connectivity index (χ3v) is 8.77. The van der Waals surface area contributed by atoms with Gasteiger partial charge < -0.3 is 102 Å². The highest BCUT2D eigenvalue weighted by Gasteiger charge is 2.34. The van der Waals surface area contributed by atoms with Crippen LogP contribution in [0.25, 0.3) is 0 Å². The molecule has 0 aromatic carbocycles. The first-order valence-corrected chi connectivity index (χ1v) is 20.1. The van der Waals surface area contributed by atoms with Gasteiger partial charge in [0.1, 0.15) is 48.3 Å². The Hall–Kier alpha value is -7.45. The van der Waals surface area contributed by atoms with Crippen molar-refractivity contribution in [2.45, 2.75) is 107 Å². The number of nitrogens with one attached hydrogen (secondary N) is 8. The lowest BCUT2D eigenvalue weighted by molar-refractivity contribution is -0.147. The van der Waals surface area contributed by atoms with Crippen molar-refractivity contribution >= 4 is 77.1 Å². The molecule has 0 aromatic rings. The molecule has 0 bridgehead atoms. The third-order valence-electron chi connectivity index (χ3n) is 8.77. The Morgan fingerprint density at radius 1 is 0.522 bits per heavy atom. The van der Waals surface area contributed by atoms with Gasteiger partial charge in [0.05, 0.1) is 38.7 Å². The fraction of sp³-hybridized carbons (Fsp3) is 0.629. The number of hydrogen-bond donors (Lipinski definition) is 19. The summed E-state index contributed by atoms with van der Waals surface area (Å²) in [6.07, 6.45) is -3.98. The van der Waals surface area contributed by atoms with Crippen molar-refractivity contribution in [2.24, 2.45) is 38.7 Å². The molecule has 0 aliphatic carbocycles. The Morgan fingerprint density at radius 2 is 0.970 bits per heavy atom. The van der Waals surface area contributed by atoms with E-state index in [2.05, 4.69) is 41.9 Å². The SMILES string of the molecule is C[C@H](NC(=O)[C@H](CC(=O)O)NC(=O)CNC(=O)[C@H](CCCN=C(N)N)NC(=O)[C@@H](NC(=O)[C@H](CCCN=C(N)N)NC(=O)[C@@H](N)CO)[C@@H](C)O)C(=O)N[C@@H](CO)C(=O)N[C@@H](CC(=O)O)C(=O)O. The molecular weight excluding hydrogens is 902 g/mol. The Kier molecular flexibility index (Phi) is 27.2. The smallest absolute Gasteiger partial charge is 0.326 e. The number of hydrogen-bond acceptors (Lipinski definition) is 17. The monoisotopic (exact) mass is 963 g/mol. The van der Waals surface area contributed by atoms with Crippen LogP contribution in [0.1, 0.15) is 52.4 Å². The summed E-state index contributed by atoms with van der Waals surface area (Å²) in [5.74, 6) is -14.6. The van der Waals surface area contributed by atoms with Gasteiger partial charge >= 0.3 is 17.9 Å². The number of nitrogens with zero attached hydrogens (tertiary/aromatic N) is 2. The molecule has 24 N–H and O–H groups in total. The number of carbonyl (C=O) groups is 11.